The Morgan fingerprint density at radius 3 is 2.65 bits per heavy atom. The summed E-state index contributed by atoms with van der Waals surface area (Å²) in [7, 11) is 0. The molecule has 0 amide bonds. The molecule has 1 fully saturated rings. The van der Waals surface area contributed by atoms with E-state index >= 15 is 0 Å². The van der Waals surface area contributed by atoms with Crippen molar-refractivity contribution in [3.63, 3.8) is 0 Å². The van der Waals surface area contributed by atoms with E-state index in [0.29, 0.717) is 24.3 Å². The van der Waals surface area contributed by atoms with Crippen molar-refractivity contribution >= 4 is 38.9 Å². The SMILES string of the molecule is Nc1c(Br)c(C2CCC(C(=O)O)CC2)nc2c(-c3ccc(C4=CCCC4)nc3)cnn12. The van der Waals surface area contributed by atoms with Crippen LogP contribution in [0.5, 0.6) is 0 Å². The van der Waals surface area contributed by atoms with Crippen LogP contribution < -0.4 is 5.73 Å². The number of nitrogens with two attached hydrogens (primary N) is 1. The molecular weight excluding hydrogens is 458 g/mol. The number of aliphatic carboxylic acids is 1. The molecule has 0 saturated heterocycles. The van der Waals surface area contributed by atoms with Crippen LogP contribution in [0.2, 0.25) is 0 Å². The molecule has 160 valence electrons. The van der Waals surface area contributed by atoms with Gasteiger partial charge in [0.15, 0.2) is 5.65 Å². The minimum atomic E-state index is -0.706. The van der Waals surface area contributed by atoms with Crippen LogP contribution in [0.3, 0.4) is 0 Å². The number of pyridine rings is 1. The smallest absolute Gasteiger partial charge is 0.306 e. The molecule has 3 aromatic heterocycles. The summed E-state index contributed by atoms with van der Waals surface area (Å²) in [5.41, 5.74) is 12.2. The van der Waals surface area contributed by atoms with Crippen molar-refractivity contribution < 1.29 is 9.90 Å². The molecule has 7 nitrogen and oxygen atoms in total. The molecule has 1 saturated carbocycles. The number of hydrogen-bond donors (Lipinski definition) is 2. The molecule has 0 spiro atoms. The fraction of sp³-hybridized carbons (Fsp3) is 0.391. The van der Waals surface area contributed by atoms with Crippen molar-refractivity contribution in [2.45, 2.75) is 50.9 Å². The van der Waals surface area contributed by atoms with E-state index < -0.39 is 5.97 Å². The van der Waals surface area contributed by atoms with Crippen LogP contribution >= 0.6 is 15.9 Å². The molecule has 2 aliphatic carbocycles. The maximum atomic E-state index is 11.3. The number of aromatic nitrogens is 4. The standard InChI is InChI=1S/C23H24BrN5O2/c24-19-20(14-5-7-15(8-6-14)23(30)31)28-22-17(12-27-29(22)21(19)25)16-9-10-18(26-11-16)13-3-1-2-4-13/h3,9-12,14-15H,1-2,4-8,25H2,(H,30,31). The minimum absolute atomic E-state index is 0.176. The first-order chi connectivity index (χ1) is 15.0. The molecule has 8 heteroatoms. The predicted octanol–water partition coefficient (Wildman–Crippen LogP) is 5.06. The second kappa shape index (κ2) is 8.07. The lowest BCUT2D eigenvalue weighted by Gasteiger charge is -2.26. The number of anilines is 1. The summed E-state index contributed by atoms with van der Waals surface area (Å²) in [6.45, 7) is 0. The number of hydrogen-bond acceptors (Lipinski definition) is 5. The van der Waals surface area contributed by atoms with E-state index in [1.807, 2.05) is 6.20 Å². The highest BCUT2D eigenvalue weighted by molar-refractivity contribution is 9.10. The topological polar surface area (TPSA) is 106 Å². The van der Waals surface area contributed by atoms with Crippen LogP contribution in [0.4, 0.5) is 5.82 Å². The summed E-state index contributed by atoms with van der Waals surface area (Å²) in [5.74, 6) is -0.286. The number of nitrogen functional groups attached to an aromatic ring is 1. The van der Waals surface area contributed by atoms with Gasteiger partial charge in [0.1, 0.15) is 5.82 Å². The summed E-state index contributed by atoms with van der Waals surface area (Å²) in [5, 5.41) is 13.8. The van der Waals surface area contributed by atoms with E-state index in [0.717, 1.165) is 52.7 Å². The van der Waals surface area contributed by atoms with E-state index in [2.05, 4.69) is 44.2 Å². The lowest BCUT2D eigenvalue weighted by atomic mass is 9.80. The van der Waals surface area contributed by atoms with Gasteiger partial charge >= 0.3 is 5.97 Å². The molecule has 0 aromatic carbocycles. The summed E-state index contributed by atoms with van der Waals surface area (Å²) >= 11 is 3.61. The summed E-state index contributed by atoms with van der Waals surface area (Å²) in [6, 6.07) is 4.13. The second-order valence-electron chi connectivity index (χ2n) is 8.43. The predicted molar refractivity (Wildman–Crippen MR) is 122 cm³/mol. The van der Waals surface area contributed by atoms with Gasteiger partial charge in [0, 0.05) is 23.2 Å². The molecule has 5 rings (SSSR count). The molecule has 2 aliphatic rings. The van der Waals surface area contributed by atoms with E-state index in [-0.39, 0.29) is 11.8 Å². The van der Waals surface area contributed by atoms with Crippen molar-refractivity contribution in [2.24, 2.45) is 5.92 Å². The number of carboxylic acids is 1. The fourth-order valence-electron chi connectivity index (χ4n) is 4.75. The van der Waals surface area contributed by atoms with Gasteiger partial charge in [-0.15, -0.1) is 0 Å². The summed E-state index contributed by atoms with van der Waals surface area (Å²) in [6.07, 6.45) is 12.2. The zero-order chi connectivity index (χ0) is 21.5. The Bertz CT molecular complexity index is 1180. The lowest BCUT2D eigenvalue weighted by molar-refractivity contribution is -0.142. The van der Waals surface area contributed by atoms with Crippen LogP contribution in [0.1, 0.15) is 62.3 Å². The Hall–Kier alpha value is -2.74. The highest BCUT2D eigenvalue weighted by Gasteiger charge is 2.30. The first-order valence-electron chi connectivity index (χ1n) is 10.7. The molecule has 0 unspecified atom stereocenters. The summed E-state index contributed by atoms with van der Waals surface area (Å²) in [4.78, 5) is 20.9. The highest BCUT2D eigenvalue weighted by Crippen LogP contribution is 2.40. The van der Waals surface area contributed by atoms with Gasteiger partial charge in [0.2, 0.25) is 0 Å². The van der Waals surface area contributed by atoms with E-state index in [1.165, 1.54) is 12.0 Å². The Morgan fingerprint density at radius 1 is 1.19 bits per heavy atom. The van der Waals surface area contributed by atoms with Gasteiger partial charge in [-0.3, -0.25) is 9.78 Å². The number of halogens is 1. The quantitative estimate of drug-likeness (QED) is 0.538. The number of carboxylic acid groups (broad SMARTS) is 1. The van der Waals surface area contributed by atoms with Gasteiger partial charge in [0.25, 0.3) is 0 Å². The van der Waals surface area contributed by atoms with Crippen LogP contribution in [-0.4, -0.2) is 30.7 Å². The molecule has 3 heterocycles. The average molecular weight is 482 g/mol. The minimum Gasteiger partial charge on any atom is -0.481 e. The fourth-order valence-corrected chi connectivity index (χ4v) is 5.33. The first-order valence-corrected chi connectivity index (χ1v) is 11.5. The highest BCUT2D eigenvalue weighted by atomic mass is 79.9. The number of allylic oxidation sites excluding steroid dienone is 2. The normalized spacial score (nSPS) is 21.4. The second-order valence-corrected chi connectivity index (χ2v) is 9.22. The zero-order valence-corrected chi connectivity index (χ0v) is 18.7. The van der Waals surface area contributed by atoms with Gasteiger partial charge in [-0.05, 0) is 72.5 Å². The first kappa shape index (κ1) is 20.2. The number of nitrogens with zero attached hydrogens (tertiary/aromatic N) is 4. The Balaban J connectivity index is 1.50. The van der Waals surface area contributed by atoms with Gasteiger partial charge < -0.3 is 10.8 Å². The van der Waals surface area contributed by atoms with Crippen LogP contribution in [0.25, 0.3) is 22.3 Å². The third-order valence-electron chi connectivity index (χ3n) is 6.56. The third-order valence-corrected chi connectivity index (χ3v) is 7.37. The monoisotopic (exact) mass is 481 g/mol. The van der Waals surface area contributed by atoms with Gasteiger partial charge in [0.05, 0.1) is 28.0 Å². The molecule has 0 atom stereocenters. The van der Waals surface area contributed by atoms with E-state index in [1.54, 1.807) is 10.7 Å². The van der Waals surface area contributed by atoms with Gasteiger partial charge in [-0.1, -0.05) is 12.1 Å². The Kier molecular flexibility index (Phi) is 5.25. The van der Waals surface area contributed by atoms with Crippen molar-refractivity contribution in [2.75, 3.05) is 5.73 Å². The number of fused-ring (bicyclic) bond motifs is 1. The molecular formula is C23H24BrN5O2. The van der Waals surface area contributed by atoms with Crippen molar-refractivity contribution in [1.29, 1.82) is 0 Å². The van der Waals surface area contributed by atoms with E-state index in [4.69, 9.17) is 10.7 Å². The van der Waals surface area contributed by atoms with Crippen LogP contribution in [0, 0.1) is 5.92 Å². The van der Waals surface area contributed by atoms with E-state index in [9.17, 15) is 9.90 Å². The molecule has 3 aromatic rings. The average Bonchev–Trinajstić information content (AvgIpc) is 3.47. The maximum Gasteiger partial charge on any atom is 0.306 e. The third kappa shape index (κ3) is 3.63. The summed E-state index contributed by atoms with van der Waals surface area (Å²) < 4.78 is 2.40. The van der Waals surface area contributed by atoms with Crippen molar-refractivity contribution in [3.05, 3.63) is 46.5 Å². The molecule has 3 N–H and O–H groups in total. The molecule has 0 bridgehead atoms. The lowest BCUT2D eigenvalue weighted by Crippen LogP contribution is -2.21. The van der Waals surface area contributed by atoms with Crippen LogP contribution in [0.15, 0.2) is 35.1 Å². The molecule has 0 radical (unpaired) electrons. The van der Waals surface area contributed by atoms with Gasteiger partial charge in [-0.2, -0.15) is 9.61 Å². The Morgan fingerprint density at radius 2 is 2.00 bits per heavy atom. The maximum absolute atomic E-state index is 11.3. The largest absolute Gasteiger partial charge is 0.481 e. The Labute approximate surface area is 188 Å². The van der Waals surface area contributed by atoms with Gasteiger partial charge in [-0.25, -0.2) is 4.98 Å². The number of carbonyl (C=O) groups is 1. The molecule has 0 aliphatic heterocycles. The van der Waals surface area contributed by atoms with Crippen molar-refractivity contribution in [1.82, 2.24) is 19.6 Å². The van der Waals surface area contributed by atoms with Crippen LogP contribution in [-0.2, 0) is 4.79 Å². The molecule has 31 heavy (non-hydrogen) atoms. The van der Waals surface area contributed by atoms with Crippen molar-refractivity contribution in [3.8, 4) is 11.1 Å². The zero-order valence-electron chi connectivity index (χ0n) is 17.1. The number of rotatable bonds is 4.